The number of halogens is 1. The largest absolute Gasteiger partial charge is 0.494 e. The third-order valence-electron chi connectivity index (χ3n) is 1.88. The first kappa shape index (κ1) is 10.0. The topological polar surface area (TPSA) is 9.23 Å². The molecular weight excluding hydrogens is 167 g/mol. The lowest BCUT2D eigenvalue weighted by atomic mass is 10.2. The van der Waals surface area contributed by atoms with Crippen molar-refractivity contribution in [2.45, 2.75) is 19.8 Å². The highest BCUT2D eigenvalue weighted by atomic mass is 19.1. The maximum atomic E-state index is 11.7. The Kier molecular flexibility index (Phi) is 4.30. The van der Waals surface area contributed by atoms with Gasteiger partial charge in [-0.15, -0.1) is 0 Å². The third-order valence-corrected chi connectivity index (χ3v) is 1.88. The lowest BCUT2D eigenvalue weighted by Crippen LogP contribution is -1.97. The van der Waals surface area contributed by atoms with Gasteiger partial charge in [-0.1, -0.05) is 19.1 Å². The van der Waals surface area contributed by atoms with Gasteiger partial charge in [0, 0.05) is 6.42 Å². The van der Waals surface area contributed by atoms with Gasteiger partial charge >= 0.3 is 0 Å². The molecule has 0 fully saturated rings. The Bertz CT molecular complexity index is 230. The fourth-order valence-electron chi connectivity index (χ4n) is 1.07. The van der Waals surface area contributed by atoms with Crippen molar-refractivity contribution in [1.82, 2.24) is 0 Å². The van der Waals surface area contributed by atoms with E-state index in [0.29, 0.717) is 13.0 Å². The van der Waals surface area contributed by atoms with Crippen molar-refractivity contribution < 1.29 is 9.13 Å². The highest BCUT2D eigenvalue weighted by Gasteiger charge is 1.93. The van der Waals surface area contributed by atoms with Crippen molar-refractivity contribution in [2.75, 3.05) is 13.3 Å². The van der Waals surface area contributed by atoms with E-state index in [0.717, 1.165) is 12.2 Å². The fraction of sp³-hybridized carbons (Fsp3) is 0.455. The smallest absolute Gasteiger partial charge is 0.119 e. The van der Waals surface area contributed by atoms with Gasteiger partial charge in [0.05, 0.1) is 13.3 Å². The molecule has 0 aliphatic heterocycles. The molecule has 0 N–H and O–H groups in total. The van der Waals surface area contributed by atoms with E-state index in [-0.39, 0.29) is 6.67 Å². The molecule has 72 valence electrons. The number of aryl methyl sites for hydroxylation is 1. The maximum Gasteiger partial charge on any atom is 0.119 e. The Morgan fingerprint density at radius 1 is 1.23 bits per heavy atom. The number of hydrogen-bond donors (Lipinski definition) is 0. The van der Waals surface area contributed by atoms with E-state index in [2.05, 4.69) is 6.92 Å². The Labute approximate surface area is 78.5 Å². The Balaban J connectivity index is 2.40. The lowest BCUT2D eigenvalue weighted by Gasteiger charge is -2.04. The number of alkyl halides is 1. The van der Waals surface area contributed by atoms with E-state index in [1.54, 1.807) is 0 Å². The van der Waals surface area contributed by atoms with Gasteiger partial charge in [0.25, 0.3) is 0 Å². The van der Waals surface area contributed by atoms with Crippen LogP contribution in [0.2, 0.25) is 0 Å². The summed E-state index contributed by atoms with van der Waals surface area (Å²) in [6, 6.07) is 7.92. The van der Waals surface area contributed by atoms with Gasteiger partial charge in [0.15, 0.2) is 0 Å². The highest BCUT2D eigenvalue weighted by Crippen LogP contribution is 2.12. The van der Waals surface area contributed by atoms with Crippen molar-refractivity contribution in [1.29, 1.82) is 0 Å². The average Bonchev–Trinajstić information content (AvgIpc) is 2.19. The minimum atomic E-state index is -0.312. The summed E-state index contributed by atoms with van der Waals surface area (Å²) < 4.78 is 17.0. The number of benzene rings is 1. The predicted molar refractivity (Wildman–Crippen MR) is 51.9 cm³/mol. The van der Waals surface area contributed by atoms with Crippen LogP contribution >= 0.6 is 0 Å². The normalized spacial score (nSPS) is 10.0. The minimum absolute atomic E-state index is 0.312. The summed E-state index contributed by atoms with van der Waals surface area (Å²) in [6.07, 6.45) is 1.50. The Hall–Kier alpha value is -1.05. The summed E-state index contributed by atoms with van der Waals surface area (Å²) in [4.78, 5) is 0. The molecule has 0 saturated heterocycles. The molecule has 0 aliphatic rings. The van der Waals surface area contributed by atoms with Gasteiger partial charge in [-0.05, 0) is 24.1 Å². The maximum absolute atomic E-state index is 11.7. The molecule has 0 aliphatic carbocycles. The predicted octanol–water partition coefficient (Wildman–Crippen LogP) is 2.99. The first-order valence-corrected chi connectivity index (χ1v) is 4.64. The SMILES string of the molecule is CCc1ccc(OCCCF)cc1. The van der Waals surface area contributed by atoms with Crippen LogP contribution in [0.3, 0.4) is 0 Å². The molecule has 1 aromatic rings. The van der Waals surface area contributed by atoms with Crippen LogP contribution in [0.4, 0.5) is 4.39 Å². The Morgan fingerprint density at radius 2 is 1.92 bits per heavy atom. The molecule has 0 aromatic heterocycles. The van der Waals surface area contributed by atoms with E-state index in [1.165, 1.54) is 5.56 Å². The highest BCUT2D eigenvalue weighted by molar-refractivity contribution is 5.27. The van der Waals surface area contributed by atoms with Crippen molar-refractivity contribution in [3.05, 3.63) is 29.8 Å². The van der Waals surface area contributed by atoms with E-state index in [1.807, 2.05) is 24.3 Å². The van der Waals surface area contributed by atoms with E-state index in [9.17, 15) is 4.39 Å². The second kappa shape index (κ2) is 5.57. The monoisotopic (exact) mass is 182 g/mol. The molecule has 0 unspecified atom stereocenters. The van der Waals surface area contributed by atoms with Crippen molar-refractivity contribution in [3.8, 4) is 5.75 Å². The van der Waals surface area contributed by atoms with Crippen LogP contribution in [0.25, 0.3) is 0 Å². The van der Waals surface area contributed by atoms with Gasteiger partial charge < -0.3 is 4.74 Å². The summed E-state index contributed by atoms with van der Waals surface area (Å²) in [5.74, 6) is 0.825. The number of ether oxygens (including phenoxy) is 1. The van der Waals surface area contributed by atoms with E-state index in [4.69, 9.17) is 4.74 Å². The molecule has 2 heteroatoms. The zero-order valence-electron chi connectivity index (χ0n) is 7.92. The zero-order valence-corrected chi connectivity index (χ0v) is 7.92. The van der Waals surface area contributed by atoms with Crippen LogP contribution in [0.1, 0.15) is 18.9 Å². The van der Waals surface area contributed by atoms with E-state index < -0.39 is 0 Å². The van der Waals surface area contributed by atoms with Crippen LogP contribution in [-0.4, -0.2) is 13.3 Å². The molecule has 0 radical (unpaired) electrons. The number of hydrogen-bond acceptors (Lipinski definition) is 1. The van der Waals surface area contributed by atoms with Gasteiger partial charge in [-0.2, -0.15) is 0 Å². The van der Waals surface area contributed by atoms with Gasteiger partial charge in [0.2, 0.25) is 0 Å². The molecule has 0 atom stereocenters. The van der Waals surface area contributed by atoms with Crippen molar-refractivity contribution in [3.63, 3.8) is 0 Å². The quantitative estimate of drug-likeness (QED) is 0.636. The van der Waals surface area contributed by atoms with Crippen molar-refractivity contribution >= 4 is 0 Å². The minimum Gasteiger partial charge on any atom is -0.494 e. The summed E-state index contributed by atoms with van der Waals surface area (Å²) >= 11 is 0. The molecule has 0 heterocycles. The molecular formula is C11H15FO. The van der Waals surface area contributed by atoms with Crippen LogP contribution in [-0.2, 0) is 6.42 Å². The van der Waals surface area contributed by atoms with Crippen LogP contribution in [0.15, 0.2) is 24.3 Å². The molecule has 1 aromatic carbocycles. The molecule has 0 spiro atoms. The lowest BCUT2D eigenvalue weighted by molar-refractivity contribution is 0.289. The number of rotatable bonds is 5. The summed E-state index contributed by atoms with van der Waals surface area (Å²) in [5, 5.41) is 0. The van der Waals surface area contributed by atoms with Gasteiger partial charge in [0.1, 0.15) is 5.75 Å². The Morgan fingerprint density at radius 3 is 2.46 bits per heavy atom. The van der Waals surface area contributed by atoms with Crippen LogP contribution in [0, 0.1) is 0 Å². The molecule has 0 bridgehead atoms. The standard InChI is InChI=1S/C11H15FO/c1-2-10-4-6-11(7-5-10)13-9-3-8-12/h4-7H,2-3,8-9H2,1H3. The summed E-state index contributed by atoms with van der Waals surface area (Å²) in [7, 11) is 0. The van der Waals surface area contributed by atoms with E-state index >= 15 is 0 Å². The molecule has 0 saturated carbocycles. The summed E-state index contributed by atoms with van der Waals surface area (Å²) in [6.45, 7) is 2.26. The molecule has 0 amide bonds. The molecule has 1 nitrogen and oxygen atoms in total. The zero-order chi connectivity index (χ0) is 9.52. The van der Waals surface area contributed by atoms with Crippen molar-refractivity contribution in [2.24, 2.45) is 0 Å². The first-order valence-electron chi connectivity index (χ1n) is 4.64. The fourth-order valence-corrected chi connectivity index (χ4v) is 1.07. The van der Waals surface area contributed by atoms with Gasteiger partial charge in [-0.25, -0.2) is 0 Å². The summed E-state index contributed by atoms with van der Waals surface area (Å²) in [5.41, 5.74) is 1.29. The second-order valence-electron chi connectivity index (χ2n) is 2.89. The first-order chi connectivity index (χ1) is 6.36. The van der Waals surface area contributed by atoms with Crippen LogP contribution < -0.4 is 4.74 Å². The molecule has 13 heavy (non-hydrogen) atoms. The van der Waals surface area contributed by atoms with Gasteiger partial charge in [-0.3, -0.25) is 4.39 Å². The third kappa shape index (κ3) is 3.45. The molecule has 1 rings (SSSR count). The second-order valence-corrected chi connectivity index (χ2v) is 2.89. The van der Waals surface area contributed by atoms with Crippen LogP contribution in [0.5, 0.6) is 5.75 Å². The average molecular weight is 182 g/mol.